The van der Waals surface area contributed by atoms with Crippen LogP contribution in [0.15, 0.2) is 29.8 Å². The molecule has 1 saturated carbocycles. The van der Waals surface area contributed by atoms with Crippen LogP contribution >= 0.6 is 0 Å². The normalized spacial score (nSPS) is 26.5. The van der Waals surface area contributed by atoms with Crippen LogP contribution in [0.5, 0.6) is 0 Å². The highest BCUT2D eigenvalue weighted by molar-refractivity contribution is 5.53. The highest BCUT2D eigenvalue weighted by Gasteiger charge is 2.31. The van der Waals surface area contributed by atoms with Crippen molar-refractivity contribution in [3.8, 4) is 0 Å². The topological polar surface area (TPSA) is 32.7 Å². The first kappa shape index (κ1) is 17.3. The van der Waals surface area contributed by atoms with E-state index in [4.69, 9.17) is 4.74 Å². The smallest absolute Gasteiger partial charge is 0.0940 e. The van der Waals surface area contributed by atoms with Gasteiger partial charge in [-0.05, 0) is 55.7 Å². The summed E-state index contributed by atoms with van der Waals surface area (Å²) in [5.41, 5.74) is 3.19. The Kier molecular flexibility index (Phi) is 5.25. The van der Waals surface area contributed by atoms with Gasteiger partial charge in [-0.1, -0.05) is 35.9 Å². The molecule has 1 aromatic rings. The molecular formula is C22H31NO2. The summed E-state index contributed by atoms with van der Waals surface area (Å²) in [5.74, 6) is 0.995. The Morgan fingerprint density at radius 1 is 1.08 bits per heavy atom. The maximum atomic E-state index is 10.8. The van der Waals surface area contributed by atoms with Crippen molar-refractivity contribution in [2.24, 2.45) is 5.92 Å². The van der Waals surface area contributed by atoms with Crippen LogP contribution in [0.2, 0.25) is 0 Å². The van der Waals surface area contributed by atoms with Crippen molar-refractivity contribution in [2.45, 2.75) is 50.5 Å². The van der Waals surface area contributed by atoms with E-state index < -0.39 is 5.60 Å². The second kappa shape index (κ2) is 7.61. The number of likely N-dealkylation sites (tertiary alicyclic amines) is 1. The number of aliphatic hydroxyl groups is 1. The summed E-state index contributed by atoms with van der Waals surface area (Å²) in [4.78, 5) is 2.67. The molecule has 3 nitrogen and oxygen atoms in total. The Hall–Kier alpha value is -1.16. The van der Waals surface area contributed by atoms with Crippen molar-refractivity contribution in [3.05, 3.63) is 41.0 Å². The molecule has 1 N–H and O–H groups in total. The van der Waals surface area contributed by atoms with Gasteiger partial charge in [0, 0.05) is 39.1 Å². The van der Waals surface area contributed by atoms with Gasteiger partial charge in [0.2, 0.25) is 0 Å². The largest absolute Gasteiger partial charge is 0.385 e. The zero-order chi connectivity index (χ0) is 17.1. The molecule has 0 atom stereocenters. The number of hydrogen-bond acceptors (Lipinski definition) is 3. The fourth-order valence-electron chi connectivity index (χ4n) is 4.18. The first-order valence-electron chi connectivity index (χ1n) is 10.0. The summed E-state index contributed by atoms with van der Waals surface area (Å²) in [7, 11) is 0. The monoisotopic (exact) mass is 341 g/mol. The zero-order valence-corrected chi connectivity index (χ0v) is 15.3. The zero-order valence-electron chi connectivity index (χ0n) is 15.3. The van der Waals surface area contributed by atoms with Gasteiger partial charge in [-0.3, -0.25) is 0 Å². The van der Waals surface area contributed by atoms with E-state index in [0.717, 1.165) is 11.5 Å². The lowest BCUT2D eigenvalue weighted by molar-refractivity contribution is -0.0679. The number of nitrogens with zero attached hydrogens (tertiary/aromatic N) is 1. The lowest BCUT2D eigenvalue weighted by Gasteiger charge is -2.32. The average molecular weight is 341 g/mol. The van der Waals surface area contributed by atoms with Crippen molar-refractivity contribution in [3.63, 3.8) is 0 Å². The quantitative estimate of drug-likeness (QED) is 0.900. The van der Waals surface area contributed by atoms with Gasteiger partial charge in [-0.2, -0.15) is 0 Å². The maximum absolute atomic E-state index is 10.8. The van der Waals surface area contributed by atoms with Gasteiger partial charge in [0.15, 0.2) is 0 Å². The van der Waals surface area contributed by atoms with E-state index in [0.29, 0.717) is 26.1 Å². The van der Waals surface area contributed by atoms with Crippen molar-refractivity contribution in [1.82, 2.24) is 4.90 Å². The molecule has 0 bridgehead atoms. The molecule has 2 saturated heterocycles. The molecule has 2 aliphatic heterocycles. The number of hydrogen-bond donors (Lipinski definition) is 1. The second-order valence-electron chi connectivity index (χ2n) is 8.17. The van der Waals surface area contributed by atoms with Gasteiger partial charge < -0.3 is 14.7 Å². The summed E-state index contributed by atoms with van der Waals surface area (Å²) in [6, 6.07) is 8.55. The average Bonchev–Trinajstić information content (AvgIpc) is 3.46. The van der Waals surface area contributed by atoms with E-state index in [1.54, 1.807) is 5.57 Å². The van der Waals surface area contributed by atoms with Gasteiger partial charge in [0.1, 0.15) is 0 Å². The molecule has 3 aliphatic rings. The Morgan fingerprint density at radius 2 is 1.84 bits per heavy atom. The molecule has 0 spiro atoms. The summed E-state index contributed by atoms with van der Waals surface area (Å²) in [6.45, 7) is 5.12. The van der Waals surface area contributed by atoms with Gasteiger partial charge in [-0.25, -0.2) is 0 Å². The molecule has 3 heteroatoms. The number of benzene rings is 1. The van der Waals surface area contributed by atoms with Crippen LogP contribution in [0.25, 0.3) is 6.08 Å². The van der Waals surface area contributed by atoms with Gasteiger partial charge >= 0.3 is 0 Å². The molecule has 0 radical (unpaired) electrons. The summed E-state index contributed by atoms with van der Waals surface area (Å²) in [5, 5.41) is 10.8. The van der Waals surface area contributed by atoms with Crippen LogP contribution in [0.3, 0.4) is 0 Å². The highest BCUT2D eigenvalue weighted by atomic mass is 16.5. The number of rotatable bonds is 4. The summed E-state index contributed by atoms with van der Waals surface area (Å²) in [6.07, 6.45) is 10.4. The minimum Gasteiger partial charge on any atom is -0.385 e. The van der Waals surface area contributed by atoms with Gasteiger partial charge in [0.25, 0.3) is 0 Å². The first-order chi connectivity index (χ1) is 12.2. The molecule has 0 amide bonds. The highest BCUT2D eigenvalue weighted by Crippen LogP contribution is 2.33. The van der Waals surface area contributed by atoms with Crippen LogP contribution in [0, 0.1) is 5.92 Å². The minimum absolute atomic E-state index is 0.652. The van der Waals surface area contributed by atoms with E-state index in [9.17, 15) is 5.11 Å². The van der Waals surface area contributed by atoms with E-state index in [-0.39, 0.29) is 0 Å². The van der Waals surface area contributed by atoms with Crippen LogP contribution in [0.1, 0.15) is 56.1 Å². The van der Waals surface area contributed by atoms with Gasteiger partial charge in [-0.15, -0.1) is 0 Å². The molecule has 4 rings (SSSR count). The van der Waals surface area contributed by atoms with E-state index in [2.05, 4.69) is 35.2 Å². The van der Waals surface area contributed by atoms with Gasteiger partial charge in [0.05, 0.1) is 5.60 Å². The van der Waals surface area contributed by atoms with Crippen molar-refractivity contribution < 1.29 is 9.84 Å². The van der Waals surface area contributed by atoms with Crippen molar-refractivity contribution in [1.29, 1.82) is 0 Å². The number of ether oxygens (including phenoxy) is 1. The van der Waals surface area contributed by atoms with Crippen LogP contribution in [-0.4, -0.2) is 42.9 Å². The molecule has 3 fully saturated rings. The predicted octanol–water partition coefficient (Wildman–Crippen LogP) is 3.96. The maximum Gasteiger partial charge on any atom is 0.0940 e. The first-order valence-corrected chi connectivity index (χ1v) is 10.0. The molecule has 25 heavy (non-hydrogen) atoms. The molecule has 1 aliphatic carbocycles. The minimum atomic E-state index is -0.699. The van der Waals surface area contributed by atoms with Crippen LogP contribution in [0.4, 0.5) is 0 Å². The fraction of sp³-hybridized carbons (Fsp3) is 0.636. The Labute approximate surface area is 151 Å². The second-order valence-corrected chi connectivity index (χ2v) is 8.17. The predicted molar refractivity (Wildman–Crippen MR) is 101 cm³/mol. The Morgan fingerprint density at radius 3 is 2.56 bits per heavy atom. The third-order valence-electron chi connectivity index (χ3n) is 6.07. The van der Waals surface area contributed by atoms with E-state index in [1.807, 2.05) is 0 Å². The lowest BCUT2D eigenvalue weighted by atomic mass is 9.86. The Bertz CT molecular complexity index is 597. The summed E-state index contributed by atoms with van der Waals surface area (Å²) < 4.78 is 5.39. The fourth-order valence-corrected chi connectivity index (χ4v) is 4.18. The Balaban J connectivity index is 1.38. The van der Waals surface area contributed by atoms with Crippen LogP contribution in [-0.2, 0) is 10.3 Å². The molecule has 136 valence electrons. The lowest BCUT2D eigenvalue weighted by Crippen LogP contribution is -2.33. The molecule has 0 aromatic heterocycles. The van der Waals surface area contributed by atoms with E-state index >= 15 is 0 Å². The third-order valence-corrected chi connectivity index (χ3v) is 6.07. The SMILES string of the molecule is OC1(c2ccc(/C=C3\CCCN(CC4CC4)CC3)cc2)CCOCC1. The van der Waals surface area contributed by atoms with Crippen molar-refractivity contribution in [2.75, 3.05) is 32.8 Å². The molecular weight excluding hydrogens is 310 g/mol. The standard InChI is InChI=1S/C22H31NO2/c24-22(10-14-25-15-11-22)21-7-5-19(6-8-21)16-18-2-1-12-23(13-9-18)17-20-3-4-20/h5-8,16,20,24H,1-4,9-15,17H2/b18-16+. The molecule has 1 aromatic carbocycles. The summed E-state index contributed by atoms with van der Waals surface area (Å²) >= 11 is 0. The van der Waals surface area contributed by atoms with E-state index in [1.165, 1.54) is 57.3 Å². The van der Waals surface area contributed by atoms with Crippen LogP contribution < -0.4 is 0 Å². The molecule has 2 heterocycles. The molecule has 0 unspecified atom stereocenters. The third kappa shape index (κ3) is 4.52. The van der Waals surface area contributed by atoms with Crippen molar-refractivity contribution >= 4 is 6.08 Å².